The molecule has 0 aromatic heterocycles. The van der Waals surface area contributed by atoms with Crippen LogP contribution in [0.5, 0.6) is 5.75 Å². The summed E-state index contributed by atoms with van der Waals surface area (Å²) in [7, 11) is 1.67. The first-order valence-corrected chi connectivity index (χ1v) is 12.6. The molecule has 0 bridgehead atoms. The van der Waals surface area contributed by atoms with E-state index < -0.39 is 0 Å². The van der Waals surface area contributed by atoms with Crippen molar-refractivity contribution in [1.29, 1.82) is 0 Å². The lowest BCUT2D eigenvalue weighted by molar-refractivity contribution is -0.120. The summed E-state index contributed by atoms with van der Waals surface area (Å²) in [6, 6.07) is 27.0. The molecule has 1 aliphatic heterocycles. The number of carbonyl (C=O) groups excluding carboxylic acids is 1. The molecule has 6 heteroatoms. The van der Waals surface area contributed by atoms with E-state index in [-0.39, 0.29) is 11.8 Å². The number of rotatable bonds is 11. The number of ether oxygens (including phenoxy) is 1. The first-order valence-electron chi connectivity index (χ1n) is 12.2. The Hall–Kier alpha value is -2.70. The Bertz CT molecular complexity index is 1050. The molecular formula is C29H34ClN3O2. The fourth-order valence-electron chi connectivity index (χ4n) is 4.61. The van der Waals surface area contributed by atoms with Crippen LogP contribution in [0.4, 0.5) is 0 Å². The monoisotopic (exact) mass is 491 g/mol. The van der Waals surface area contributed by atoms with E-state index in [2.05, 4.69) is 57.6 Å². The highest BCUT2D eigenvalue weighted by Gasteiger charge is 2.27. The van der Waals surface area contributed by atoms with E-state index in [1.165, 1.54) is 16.7 Å². The zero-order chi connectivity index (χ0) is 24.5. The molecule has 1 saturated heterocycles. The van der Waals surface area contributed by atoms with Crippen LogP contribution in [-0.2, 0) is 11.3 Å². The summed E-state index contributed by atoms with van der Waals surface area (Å²) < 4.78 is 5.19. The van der Waals surface area contributed by atoms with Crippen LogP contribution < -0.4 is 10.1 Å². The van der Waals surface area contributed by atoms with Crippen molar-refractivity contribution in [1.82, 2.24) is 15.1 Å². The molecule has 1 aliphatic rings. The van der Waals surface area contributed by atoms with Gasteiger partial charge in [-0.15, -0.1) is 0 Å². The zero-order valence-electron chi connectivity index (χ0n) is 20.3. The molecule has 5 nitrogen and oxygen atoms in total. The van der Waals surface area contributed by atoms with E-state index in [0.717, 1.165) is 43.5 Å². The number of benzene rings is 3. The Morgan fingerprint density at radius 3 is 2.23 bits per heavy atom. The summed E-state index contributed by atoms with van der Waals surface area (Å²) in [6.07, 6.45) is 0.549. The van der Waals surface area contributed by atoms with Gasteiger partial charge in [0.25, 0.3) is 0 Å². The third-order valence-electron chi connectivity index (χ3n) is 6.54. The predicted molar refractivity (Wildman–Crippen MR) is 142 cm³/mol. The number of piperazine rings is 1. The lowest BCUT2D eigenvalue weighted by Crippen LogP contribution is -2.49. The number of halogens is 1. The van der Waals surface area contributed by atoms with Crippen LogP contribution in [0.25, 0.3) is 0 Å². The van der Waals surface area contributed by atoms with Gasteiger partial charge in [0.2, 0.25) is 0 Å². The first kappa shape index (κ1) is 25.4. The standard InChI is InChI=1S/C29H34ClN3O2/c1-35-28-13-7-23(8-14-28)21-31-16-15-27(34)22-32-17-19-33(20-18-32)29(24-5-3-2-4-6-24)25-9-11-26(30)12-10-25/h2-14,29,31H,15-22H2,1H3. The van der Waals surface area contributed by atoms with Crippen molar-refractivity contribution in [3.63, 3.8) is 0 Å². The summed E-state index contributed by atoms with van der Waals surface area (Å²) in [4.78, 5) is 17.4. The van der Waals surface area contributed by atoms with Gasteiger partial charge in [0.1, 0.15) is 11.5 Å². The number of Topliss-reactive ketones (excluding diaryl/α,β-unsaturated/α-hetero) is 1. The van der Waals surface area contributed by atoms with E-state index in [1.54, 1.807) is 7.11 Å². The molecule has 3 aromatic carbocycles. The van der Waals surface area contributed by atoms with Gasteiger partial charge < -0.3 is 10.1 Å². The number of hydrogen-bond donors (Lipinski definition) is 1. The highest BCUT2D eigenvalue weighted by molar-refractivity contribution is 6.30. The smallest absolute Gasteiger partial charge is 0.148 e. The van der Waals surface area contributed by atoms with Crippen LogP contribution >= 0.6 is 11.6 Å². The lowest BCUT2D eigenvalue weighted by Gasteiger charge is -2.39. The van der Waals surface area contributed by atoms with Crippen LogP contribution in [0.15, 0.2) is 78.9 Å². The fourth-order valence-corrected chi connectivity index (χ4v) is 4.73. The van der Waals surface area contributed by atoms with Crippen LogP contribution in [0.3, 0.4) is 0 Å². The molecule has 1 unspecified atom stereocenters. The Morgan fingerprint density at radius 2 is 1.57 bits per heavy atom. The molecule has 35 heavy (non-hydrogen) atoms. The number of carbonyl (C=O) groups is 1. The molecular weight excluding hydrogens is 458 g/mol. The minimum atomic E-state index is 0.188. The van der Waals surface area contributed by atoms with E-state index >= 15 is 0 Å². The lowest BCUT2D eigenvalue weighted by atomic mass is 9.96. The Balaban J connectivity index is 1.24. The molecule has 0 aliphatic carbocycles. The van der Waals surface area contributed by atoms with Gasteiger partial charge in [0, 0.05) is 50.7 Å². The van der Waals surface area contributed by atoms with Gasteiger partial charge >= 0.3 is 0 Å². The molecule has 0 radical (unpaired) electrons. The molecule has 1 heterocycles. The van der Waals surface area contributed by atoms with Gasteiger partial charge in [0.15, 0.2) is 0 Å². The predicted octanol–water partition coefficient (Wildman–Crippen LogP) is 4.80. The van der Waals surface area contributed by atoms with Gasteiger partial charge in [-0.2, -0.15) is 0 Å². The largest absolute Gasteiger partial charge is 0.497 e. The first-order chi connectivity index (χ1) is 17.1. The Labute approximate surface area is 213 Å². The molecule has 0 amide bonds. The summed E-state index contributed by atoms with van der Waals surface area (Å²) in [6.45, 7) is 5.59. The van der Waals surface area contributed by atoms with E-state index in [0.29, 0.717) is 19.5 Å². The summed E-state index contributed by atoms with van der Waals surface area (Å²) >= 11 is 6.14. The topological polar surface area (TPSA) is 44.8 Å². The molecule has 1 fully saturated rings. The van der Waals surface area contributed by atoms with Crippen LogP contribution in [-0.4, -0.2) is 62.0 Å². The number of hydrogen-bond acceptors (Lipinski definition) is 5. The van der Waals surface area contributed by atoms with Crippen molar-refractivity contribution in [3.05, 3.63) is 101 Å². The van der Waals surface area contributed by atoms with Gasteiger partial charge in [0.05, 0.1) is 19.7 Å². The number of methoxy groups -OCH3 is 1. The number of nitrogens with one attached hydrogen (secondary N) is 1. The van der Waals surface area contributed by atoms with Crippen LogP contribution in [0.1, 0.15) is 29.2 Å². The van der Waals surface area contributed by atoms with Crippen molar-refractivity contribution in [2.24, 2.45) is 0 Å². The average Bonchev–Trinajstić information content (AvgIpc) is 2.90. The summed E-state index contributed by atoms with van der Waals surface area (Å²) in [5, 5.41) is 4.12. The highest BCUT2D eigenvalue weighted by Crippen LogP contribution is 2.30. The highest BCUT2D eigenvalue weighted by atomic mass is 35.5. The Morgan fingerprint density at radius 1 is 0.914 bits per heavy atom. The van der Waals surface area contributed by atoms with Gasteiger partial charge in [-0.05, 0) is 41.0 Å². The Kier molecular flexibility index (Phi) is 9.32. The maximum absolute atomic E-state index is 12.6. The van der Waals surface area contributed by atoms with E-state index in [9.17, 15) is 4.79 Å². The SMILES string of the molecule is COc1ccc(CNCCC(=O)CN2CCN(C(c3ccccc3)c3ccc(Cl)cc3)CC2)cc1. The van der Waals surface area contributed by atoms with Crippen LogP contribution in [0.2, 0.25) is 5.02 Å². The molecule has 4 rings (SSSR count). The van der Waals surface area contributed by atoms with Crippen molar-refractivity contribution in [2.45, 2.75) is 19.0 Å². The molecule has 0 spiro atoms. The number of nitrogens with zero attached hydrogens (tertiary/aromatic N) is 2. The van der Waals surface area contributed by atoms with Crippen molar-refractivity contribution in [2.75, 3.05) is 46.4 Å². The molecule has 0 saturated carbocycles. The van der Waals surface area contributed by atoms with Gasteiger partial charge in [-0.3, -0.25) is 14.6 Å². The van der Waals surface area contributed by atoms with Gasteiger partial charge in [-0.1, -0.05) is 66.2 Å². The van der Waals surface area contributed by atoms with Crippen molar-refractivity contribution >= 4 is 17.4 Å². The third-order valence-corrected chi connectivity index (χ3v) is 6.79. The summed E-state index contributed by atoms with van der Waals surface area (Å²) in [5.41, 5.74) is 3.71. The maximum atomic E-state index is 12.6. The normalized spacial score (nSPS) is 15.6. The second-order valence-corrected chi connectivity index (χ2v) is 9.43. The molecule has 3 aromatic rings. The minimum absolute atomic E-state index is 0.188. The minimum Gasteiger partial charge on any atom is -0.497 e. The average molecular weight is 492 g/mol. The maximum Gasteiger partial charge on any atom is 0.148 e. The van der Waals surface area contributed by atoms with Crippen molar-refractivity contribution < 1.29 is 9.53 Å². The van der Waals surface area contributed by atoms with Crippen molar-refractivity contribution in [3.8, 4) is 5.75 Å². The third kappa shape index (κ3) is 7.39. The summed E-state index contributed by atoms with van der Waals surface area (Å²) in [5.74, 6) is 1.14. The number of ketones is 1. The zero-order valence-corrected chi connectivity index (χ0v) is 21.1. The quantitative estimate of drug-likeness (QED) is 0.390. The van der Waals surface area contributed by atoms with E-state index in [4.69, 9.17) is 16.3 Å². The second kappa shape index (κ2) is 12.8. The molecule has 1 N–H and O–H groups in total. The molecule has 184 valence electrons. The van der Waals surface area contributed by atoms with Gasteiger partial charge in [-0.25, -0.2) is 0 Å². The van der Waals surface area contributed by atoms with E-state index in [1.807, 2.05) is 36.4 Å². The molecule has 1 atom stereocenters. The second-order valence-electron chi connectivity index (χ2n) is 8.99. The van der Waals surface area contributed by atoms with Crippen LogP contribution in [0, 0.1) is 0 Å². The fraction of sp³-hybridized carbons (Fsp3) is 0.345.